The zero-order valence-electron chi connectivity index (χ0n) is 16.5. The maximum absolute atomic E-state index is 6.89. The van der Waals surface area contributed by atoms with Gasteiger partial charge in [-0.2, -0.15) is 0 Å². The van der Waals surface area contributed by atoms with Crippen LogP contribution in [0.2, 0.25) is 15.1 Å². The van der Waals surface area contributed by atoms with Gasteiger partial charge < -0.3 is 0 Å². The summed E-state index contributed by atoms with van der Waals surface area (Å²) in [6.07, 6.45) is 0. The Hall–Kier alpha value is -1.65. The molecule has 0 atom stereocenters. The molecule has 0 fully saturated rings. The SMILES string of the molecule is Clc1cc(Cl)c([O][Zn][O][Si](c2ccccc2)(c2ccccc2)c2ccccc2)c(Cl)c1. The first-order valence-corrected chi connectivity index (χ1v) is 15.2. The zero-order valence-corrected chi connectivity index (χ0v) is 22.7. The topological polar surface area (TPSA) is 18.5 Å². The van der Waals surface area contributed by atoms with Gasteiger partial charge in [-0.1, -0.05) is 0 Å². The van der Waals surface area contributed by atoms with Gasteiger partial charge in [-0.3, -0.25) is 0 Å². The number of halogens is 3. The Balaban J connectivity index is 1.78. The zero-order chi connectivity index (χ0) is 21.7. The maximum atomic E-state index is 6.89. The summed E-state index contributed by atoms with van der Waals surface area (Å²) in [4.78, 5) is 0. The summed E-state index contributed by atoms with van der Waals surface area (Å²) in [5.74, 6) is 0.435. The van der Waals surface area contributed by atoms with Crippen molar-refractivity contribution in [2.45, 2.75) is 0 Å². The van der Waals surface area contributed by atoms with Crippen LogP contribution < -0.4 is 19.1 Å². The fourth-order valence-electron chi connectivity index (χ4n) is 3.61. The van der Waals surface area contributed by atoms with E-state index in [-0.39, 0.29) is 0 Å². The number of rotatable bonds is 7. The quantitative estimate of drug-likeness (QED) is 0.225. The van der Waals surface area contributed by atoms with Crippen LogP contribution in [-0.4, -0.2) is 8.32 Å². The number of benzene rings is 4. The molecular weight excluding hydrogens is 520 g/mol. The molecule has 0 aromatic heterocycles. The molecule has 0 aliphatic rings. The van der Waals surface area contributed by atoms with Gasteiger partial charge >= 0.3 is 207 Å². The Kier molecular flexibility index (Phi) is 7.50. The third kappa shape index (κ3) is 4.90. The Labute approximate surface area is 206 Å². The average Bonchev–Trinajstić information content (AvgIpc) is 2.80. The van der Waals surface area contributed by atoms with E-state index in [1.807, 2.05) is 54.6 Å². The minimum absolute atomic E-state index is 0.387. The molecule has 2 nitrogen and oxygen atoms in total. The molecule has 0 heterocycles. The molecule has 0 amide bonds. The molecule has 4 aromatic rings. The second-order valence-electron chi connectivity index (χ2n) is 6.88. The molecular formula is C24H17Cl3O2SiZn. The molecule has 4 rings (SSSR count). The molecule has 152 valence electrons. The van der Waals surface area contributed by atoms with Crippen LogP contribution in [0.15, 0.2) is 103 Å². The summed E-state index contributed by atoms with van der Waals surface area (Å²) in [5.41, 5.74) is 0. The Morgan fingerprint density at radius 2 is 0.968 bits per heavy atom. The Morgan fingerprint density at radius 3 is 1.35 bits per heavy atom. The summed E-state index contributed by atoms with van der Waals surface area (Å²) in [6.45, 7) is 0. The van der Waals surface area contributed by atoms with Gasteiger partial charge in [-0.15, -0.1) is 0 Å². The molecule has 0 saturated heterocycles. The van der Waals surface area contributed by atoms with E-state index < -0.39 is 26.2 Å². The molecule has 0 radical (unpaired) electrons. The van der Waals surface area contributed by atoms with Crippen LogP contribution in [0.3, 0.4) is 0 Å². The van der Waals surface area contributed by atoms with Crippen molar-refractivity contribution in [2.24, 2.45) is 0 Å². The second kappa shape index (κ2) is 10.3. The number of hydrogen-bond donors (Lipinski definition) is 0. The first kappa shape index (κ1) is 22.5. The minimum atomic E-state index is -2.78. The monoisotopic (exact) mass is 534 g/mol. The van der Waals surface area contributed by atoms with E-state index in [1.165, 1.54) is 0 Å². The fraction of sp³-hybridized carbons (Fsp3) is 0. The van der Waals surface area contributed by atoms with E-state index in [2.05, 4.69) is 36.4 Å². The van der Waals surface area contributed by atoms with Gasteiger partial charge in [-0.25, -0.2) is 0 Å². The third-order valence-corrected chi connectivity index (χ3v) is 14.1. The van der Waals surface area contributed by atoms with Crippen molar-refractivity contribution in [1.82, 2.24) is 0 Å². The molecule has 0 spiro atoms. The molecule has 4 aromatic carbocycles. The van der Waals surface area contributed by atoms with Crippen molar-refractivity contribution < 1.29 is 24.7 Å². The van der Waals surface area contributed by atoms with Gasteiger partial charge in [0.1, 0.15) is 0 Å². The molecule has 31 heavy (non-hydrogen) atoms. The van der Waals surface area contributed by atoms with Crippen LogP contribution in [0.1, 0.15) is 0 Å². The molecule has 0 aliphatic carbocycles. The van der Waals surface area contributed by atoms with Gasteiger partial charge in [0.05, 0.1) is 0 Å². The molecule has 0 bridgehead atoms. The van der Waals surface area contributed by atoms with Crippen LogP contribution >= 0.6 is 34.8 Å². The average molecular weight is 537 g/mol. The van der Waals surface area contributed by atoms with E-state index in [0.717, 1.165) is 15.6 Å². The van der Waals surface area contributed by atoms with Crippen molar-refractivity contribution >= 4 is 58.7 Å². The standard InChI is InChI=1S/C18H15OSi.C6H3Cl3O.Zn/c19-20(16-10-4-1-5-11-16,17-12-6-2-7-13-17)18-14-8-3-9-15-18;7-3-1-4(8)6(10)5(9)2-3;/h1-15H;1-2,10H;/q-1;;+2/p-1. The predicted molar refractivity (Wildman–Crippen MR) is 127 cm³/mol. The van der Waals surface area contributed by atoms with Crippen LogP contribution in [0.5, 0.6) is 5.75 Å². The molecule has 7 heteroatoms. The summed E-state index contributed by atoms with van der Waals surface area (Å²) >= 11 is 16.6. The number of hydrogen-bond acceptors (Lipinski definition) is 2. The van der Waals surface area contributed by atoms with Gasteiger partial charge in [0.2, 0.25) is 0 Å². The Bertz CT molecular complexity index is 1030. The molecule has 0 saturated carbocycles. The van der Waals surface area contributed by atoms with E-state index >= 15 is 0 Å². The van der Waals surface area contributed by atoms with Crippen molar-refractivity contribution in [1.29, 1.82) is 0 Å². The summed E-state index contributed by atoms with van der Waals surface area (Å²) < 4.78 is 13.0. The van der Waals surface area contributed by atoms with Gasteiger partial charge in [0, 0.05) is 0 Å². The molecule has 0 aliphatic heterocycles. The van der Waals surface area contributed by atoms with Crippen molar-refractivity contribution in [3.05, 3.63) is 118 Å². The van der Waals surface area contributed by atoms with E-state index in [1.54, 1.807) is 12.1 Å². The van der Waals surface area contributed by atoms with E-state index in [4.69, 9.17) is 41.6 Å². The van der Waals surface area contributed by atoms with E-state index in [9.17, 15) is 0 Å². The van der Waals surface area contributed by atoms with Crippen LogP contribution in [0.4, 0.5) is 0 Å². The van der Waals surface area contributed by atoms with E-state index in [0.29, 0.717) is 20.8 Å². The van der Waals surface area contributed by atoms with Gasteiger partial charge in [0.15, 0.2) is 0 Å². The van der Waals surface area contributed by atoms with Crippen LogP contribution in [0.25, 0.3) is 0 Å². The van der Waals surface area contributed by atoms with Gasteiger partial charge in [-0.05, 0) is 0 Å². The predicted octanol–water partition coefficient (Wildman–Crippen LogP) is 5.62. The van der Waals surface area contributed by atoms with Crippen molar-refractivity contribution in [3.63, 3.8) is 0 Å². The second-order valence-corrected chi connectivity index (χ2v) is 14.4. The van der Waals surface area contributed by atoms with Crippen LogP contribution in [-0.2, 0) is 21.1 Å². The summed E-state index contributed by atoms with van der Waals surface area (Å²) in [5, 5.41) is 4.73. The normalized spacial score (nSPS) is 11.1. The summed E-state index contributed by atoms with van der Waals surface area (Å²) in [6, 6.07) is 34.4. The fourth-order valence-corrected chi connectivity index (χ4v) is 14.2. The van der Waals surface area contributed by atoms with Crippen molar-refractivity contribution in [3.8, 4) is 5.75 Å². The third-order valence-electron chi connectivity index (χ3n) is 4.98. The van der Waals surface area contributed by atoms with Crippen molar-refractivity contribution in [2.75, 3.05) is 0 Å². The molecule has 0 unspecified atom stereocenters. The Morgan fingerprint density at radius 1 is 0.581 bits per heavy atom. The molecule has 0 N–H and O–H groups in total. The first-order chi connectivity index (χ1) is 15.1. The first-order valence-electron chi connectivity index (χ1n) is 9.69. The summed E-state index contributed by atoms with van der Waals surface area (Å²) in [7, 11) is -2.78. The van der Waals surface area contributed by atoms with Crippen LogP contribution in [0, 0.1) is 0 Å². The van der Waals surface area contributed by atoms with Gasteiger partial charge in [0.25, 0.3) is 0 Å².